The Kier molecular flexibility index (Phi) is 5.10. The third-order valence-corrected chi connectivity index (χ3v) is 4.08. The van der Waals surface area contributed by atoms with Crippen LogP contribution in [0.3, 0.4) is 0 Å². The molecule has 2 aromatic carbocycles. The zero-order valence-electron chi connectivity index (χ0n) is 14.4. The van der Waals surface area contributed by atoms with Gasteiger partial charge in [0.15, 0.2) is 5.88 Å². The Morgan fingerprint density at radius 3 is 2.14 bits per heavy atom. The summed E-state index contributed by atoms with van der Waals surface area (Å²) in [5.74, 6) is 0.189. The molecular weight excluding hydrogens is 386 g/mol. The fourth-order valence-corrected chi connectivity index (χ4v) is 2.64. The van der Waals surface area contributed by atoms with Gasteiger partial charge in [-0.25, -0.2) is 0 Å². The average molecular weight is 400 g/mol. The van der Waals surface area contributed by atoms with Crippen molar-refractivity contribution in [3.63, 3.8) is 0 Å². The summed E-state index contributed by atoms with van der Waals surface area (Å²) in [5.41, 5.74) is -1.16. The van der Waals surface area contributed by atoms with E-state index in [2.05, 4.69) is 4.99 Å². The van der Waals surface area contributed by atoms with Crippen LogP contribution in [0.1, 0.15) is 22.9 Å². The molecule has 0 spiro atoms. The Bertz CT molecular complexity index is 900. The molecule has 9 heteroatoms. The molecule has 28 heavy (non-hydrogen) atoms. The van der Waals surface area contributed by atoms with Gasteiger partial charge in [0.25, 0.3) is 0 Å². The van der Waals surface area contributed by atoms with Crippen molar-refractivity contribution in [2.24, 2.45) is 4.99 Å². The summed E-state index contributed by atoms with van der Waals surface area (Å²) in [6, 6.07) is 8.90. The number of nitrogens with zero attached hydrogens (tertiary/aromatic N) is 2. The summed E-state index contributed by atoms with van der Waals surface area (Å²) in [7, 11) is 1.58. The van der Waals surface area contributed by atoms with E-state index < -0.39 is 29.6 Å². The molecule has 0 amide bonds. The average Bonchev–Trinajstić information content (AvgIpc) is 2.62. The third-order valence-electron chi connectivity index (χ3n) is 4.08. The van der Waals surface area contributed by atoms with E-state index in [1.807, 2.05) is 0 Å². The van der Waals surface area contributed by atoms with Gasteiger partial charge in [-0.05, 0) is 35.9 Å². The molecule has 1 unspecified atom stereocenters. The summed E-state index contributed by atoms with van der Waals surface area (Å²) >= 11 is 0. The van der Waals surface area contributed by atoms with Crippen LogP contribution in [0.15, 0.2) is 65.5 Å². The molecule has 0 fully saturated rings. The third kappa shape index (κ3) is 4.29. The highest BCUT2D eigenvalue weighted by Crippen LogP contribution is 2.34. The highest BCUT2D eigenvalue weighted by atomic mass is 19.4. The van der Waals surface area contributed by atoms with Crippen molar-refractivity contribution in [1.82, 2.24) is 4.90 Å². The van der Waals surface area contributed by atoms with Crippen LogP contribution in [0.25, 0.3) is 0 Å². The van der Waals surface area contributed by atoms with Gasteiger partial charge in [-0.15, -0.1) is 0 Å². The SMILES string of the molecule is CN1C(Oc2cccc(C(F)(F)F)c2)=CC=NC1c1ccc(C(F)(F)F)cc1. The minimum absolute atomic E-state index is 0.0191. The molecule has 0 aliphatic carbocycles. The van der Waals surface area contributed by atoms with Gasteiger partial charge in [-0.2, -0.15) is 26.3 Å². The number of allylic oxidation sites excluding steroid dienone is 1. The number of hydrogen-bond acceptors (Lipinski definition) is 3. The lowest BCUT2D eigenvalue weighted by molar-refractivity contribution is -0.138. The van der Waals surface area contributed by atoms with Crippen molar-refractivity contribution in [1.29, 1.82) is 0 Å². The highest BCUT2D eigenvalue weighted by Gasteiger charge is 2.32. The van der Waals surface area contributed by atoms with E-state index in [-0.39, 0.29) is 11.6 Å². The van der Waals surface area contributed by atoms with Crippen LogP contribution in [-0.4, -0.2) is 18.2 Å². The van der Waals surface area contributed by atoms with E-state index in [9.17, 15) is 26.3 Å². The molecular formula is C19H14F6N2O. The van der Waals surface area contributed by atoms with E-state index in [1.165, 1.54) is 41.5 Å². The van der Waals surface area contributed by atoms with E-state index in [0.717, 1.165) is 24.3 Å². The smallest absolute Gasteiger partial charge is 0.416 e. The van der Waals surface area contributed by atoms with Crippen LogP contribution < -0.4 is 4.74 Å². The predicted octanol–water partition coefficient (Wildman–Crippen LogP) is 5.66. The van der Waals surface area contributed by atoms with Crippen LogP contribution in [0.5, 0.6) is 5.75 Å². The van der Waals surface area contributed by atoms with E-state index in [1.54, 1.807) is 7.05 Å². The molecule has 1 aliphatic heterocycles. The molecule has 3 nitrogen and oxygen atoms in total. The molecule has 1 heterocycles. The Morgan fingerprint density at radius 2 is 1.54 bits per heavy atom. The van der Waals surface area contributed by atoms with Gasteiger partial charge >= 0.3 is 12.4 Å². The van der Waals surface area contributed by atoms with E-state index >= 15 is 0 Å². The largest absolute Gasteiger partial charge is 0.441 e. The Labute approximate surface area is 156 Å². The van der Waals surface area contributed by atoms with E-state index in [4.69, 9.17) is 4.74 Å². The summed E-state index contributed by atoms with van der Waals surface area (Å²) in [6.07, 6.45) is -6.77. The fraction of sp³-hybridized carbons (Fsp3) is 0.211. The van der Waals surface area contributed by atoms with Crippen LogP contribution in [0, 0.1) is 0 Å². The number of rotatable bonds is 3. The molecule has 0 radical (unpaired) electrons. The topological polar surface area (TPSA) is 24.8 Å². The number of aliphatic imine (C=N–C) groups is 1. The van der Waals surface area contributed by atoms with Gasteiger partial charge in [0.2, 0.25) is 0 Å². The maximum Gasteiger partial charge on any atom is 0.416 e. The Hall–Kier alpha value is -2.97. The van der Waals surface area contributed by atoms with Crippen LogP contribution in [0.2, 0.25) is 0 Å². The van der Waals surface area contributed by atoms with E-state index in [0.29, 0.717) is 5.56 Å². The quantitative estimate of drug-likeness (QED) is 0.621. The molecule has 1 aliphatic rings. The van der Waals surface area contributed by atoms with Crippen LogP contribution >= 0.6 is 0 Å². The lowest BCUT2D eigenvalue weighted by Crippen LogP contribution is -2.28. The Balaban J connectivity index is 1.79. The maximum atomic E-state index is 12.8. The number of halogens is 6. The van der Waals surface area contributed by atoms with Gasteiger partial charge in [-0.1, -0.05) is 18.2 Å². The fourth-order valence-electron chi connectivity index (χ4n) is 2.64. The molecule has 0 saturated carbocycles. The predicted molar refractivity (Wildman–Crippen MR) is 90.6 cm³/mol. The summed E-state index contributed by atoms with van der Waals surface area (Å²) < 4.78 is 82.2. The molecule has 0 bridgehead atoms. The maximum absolute atomic E-state index is 12.8. The second-order valence-corrected chi connectivity index (χ2v) is 6.04. The van der Waals surface area contributed by atoms with Gasteiger partial charge < -0.3 is 9.64 Å². The molecule has 0 N–H and O–H groups in total. The summed E-state index contributed by atoms with van der Waals surface area (Å²) in [5, 5.41) is 0. The van der Waals surface area contributed by atoms with Crippen molar-refractivity contribution in [2.75, 3.05) is 7.05 Å². The van der Waals surface area contributed by atoms with Gasteiger partial charge in [0, 0.05) is 19.3 Å². The monoisotopic (exact) mass is 400 g/mol. The Morgan fingerprint density at radius 1 is 0.893 bits per heavy atom. The highest BCUT2D eigenvalue weighted by molar-refractivity contribution is 5.73. The first kappa shape index (κ1) is 19.8. The number of benzene rings is 2. The molecule has 148 valence electrons. The van der Waals surface area contributed by atoms with Crippen molar-refractivity contribution >= 4 is 6.21 Å². The molecule has 0 aromatic heterocycles. The zero-order valence-corrected chi connectivity index (χ0v) is 14.4. The van der Waals surface area contributed by atoms with Gasteiger partial charge in [-0.3, -0.25) is 4.99 Å². The second kappa shape index (κ2) is 7.21. The molecule has 3 rings (SSSR count). The van der Waals surface area contributed by atoms with Crippen molar-refractivity contribution in [3.05, 3.63) is 77.2 Å². The van der Waals surface area contributed by atoms with Gasteiger partial charge in [0.05, 0.1) is 11.1 Å². The number of hydrogen-bond donors (Lipinski definition) is 0. The minimum atomic E-state index is -4.50. The normalized spacial score (nSPS) is 17.5. The van der Waals surface area contributed by atoms with Gasteiger partial charge in [0.1, 0.15) is 11.9 Å². The van der Waals surface area contributed by atoms with Crippen LogP contribution in [0.4, 0.5) is 26.3 Å². The summed E-state index contributed by atoms with van der Waals surface area (Å²) in [4.78, 5) is 5.72. The lowest BCUT2D eigenvalue weighted by atomic mass is 10.1. The van der Waals surface area contributed by atoms with Crippen LogP contribution in [-0.2, 0) is 12.4 Å². The second-order valence-electron chi connectivity index (χ2n) is 6.04. The molecule has 1 atom stereocenters. The summed E-state index contributed by atoms with van der Waals surface area (Å²) in [6.45, 7) is 0. The molecule has 0 saturated heterocycles. The van der Waals surface area contributed by atoms with Crippen molar-refractivity contribution < 1.29 is 31.1 Å². The van der Waals surface area contributed by atoms with Crippen molar-refractivity contribution in [3.8, 4) is 5.75 Å². The minimum Gasteiger partial charge on any atom is -0.441 e. The number of alkyl halides is 6. The standard InChI is InChI=1S/C19H14F6N2O/c1-27-16(28-15-4-2-3-14(11-15)19(23,24)25)9-10-26-17(27)12-5-7-13(8-6-12)18(20,21)22/h2-11,17H,1H3. The molecule has 2 aromatic rings. The lowest BCUT2D eigenvalue weighted by Gasteiger charge is -2.31. The van der Waals surface area contributed by atoms with Crippen molar-refractivity contribution in [2.45, 2.75) is 18.5 Å². The zero-order chi connectivity index (χ0) is 20.5. The number of ether oxygens (including phenoxy) is 1. The first-order valence-corrected chi connectivity index (χ1v) is 8.04. The first-order chi connectivity index (χ1) is 13.1. The first-order valence-electron chi connectivity index (χ1n) is 8.04.